The number of fused-ring (bicyclic) bond motifs is 2. The van der Waals surface area contributed by atoms with Gasteiger partial charge in [0.15, 0.2) is 11.5 Å². The van der Waals surface area contributed by atoms with Gasteiger partial charge in [-0.3, -0.25) is 4.90 Å². The maximum atomic E-state index is 14.8. The molecule has 1 unspecified atom stereocenters. The van der Waals surface area contributed by atoms with E-state index in [9.17, 15) is 4.39 Å². The Hall–Kier alpha value is -3.95. The number of benzene rings is 3. The molecule has 0 bridgehead atoms. The topological polar surface area (TPSA) is 70.2 Å². The first-order chi connectivity index (χ1) is 20.4. The zero-order chi connectivity index (χ0) is 28.8. The summed E-state index contributed by atoms with van der Waals surface area (Å²) in [4.78, 5) is 7.49. The number of likely N-dealkylation sites (tertiary alicyclic amines) is 1. The third kappa shape index (κ3) is 4.80. The number of hydrogen-bond donors (Lipinski definition) is 0. The molecule has 0 spiro atoms. The van der Waals surface area contributed by atoms with E-state index in [0.717, 1.165) is 67.1 Å². The molecular formula is C32H32ClFN6O2. The van der Waals surface area contributed by atoms with Gasteiger partial charge in [0.05, 0.1) is 41.6 Å². The van der Waals surface area contributed by atoms with Crippen LogP contribution in [0.3, 0.4) is 0 Å². The Bertz CT molecular complexity index is 1760. The predicted octanol–water partition coefficient (Wildman–Crippen LogP) is 6.51. The van der Waals surface area contributed by atoms with Crippen molar-refractivity contribution >= 4 is 22.6 Å². The van der Waals surface area contributed by atoms with Gasteiger partial charge in [-0.2, -0.15) is 0 Å². The van der Waals surface area contributed by atoms with Crippen LogP contribution in [0.2, 0.25) is 5.02 Å². The molecule has 1 saturated heterocycles. The molecule has 10 heteroatoms. The van der Waals surface area contributed by atoms with Crippen molar-refractivity contribution in [2.75, 3.05) is 13.1 Å². The van der Waals surface area contributed by atoms with E-state index in [1.165, 1.54) is 6.07 Å². The Labute approximate surface area is 248 Å². The smallest absolute Gasteiger partial charge is 0.278 e. The summed E-state index contributed by atoms with van der Waals surface area (Å²) in [6.07, 6.45) is 3.78. The van der Waals surface area contributed by atoms with Gasteiger partial charge < -0.3 is 14.0 Å². The molecule has 1 atom stereocenters. The van der Waals surface area contributed by atoms with Crippen molar-refractivity contribution < 1.29 is 13.9 Å². The minimum Gasteiger partial charge on any atom is -0.444 e. The molecule has 2 aliphatic heterocycles. The normalized spacial score (nSPS) is 19.1. The number of piperidine rings is 1. The van der Waals surface area contributed by atoms with E-state index in [4.69, 9.17) is 26.1 Å². The van der Waals surface area contributed by atoms with Crippen molar-refractivity contribution in [2.24, 2.45) is 0 Å². The van der Waals surface area contributed by atoms with Gasteiger partial charge in [0.1, 0.15) is 11.6 Å². The van der Waals surface area contributed by atoms with Crippen molar-refractivity contribution in [1.82, 2.24) is 29.4 Å². The minimum absolute atomic E-state index is 0.306. The standard InChI is InChI=1S/C32H32ClFN6O2/c1-3-40-23(18-35-37-40)19-39-28-9-5-4-8-27(28)36-30(39)20-38-15-13-21(14-16-38)24-7-6-10-29-31(24)42-32(2,41-29)25-12-11-22(33)17-26(25)34/h4-12,17-18,21H,3,13-16,19-20H2,1-2H3. The first-order valence-electron chi connectivity index (χ1n) is 14.4. The Morgan fingerprint density at radius 2 is 1.86 bits per heavy atom. The second-order valence-corrected chi connectivity index (χ2v) is 11.6. The molecule has 42 heavy (non-hydrogen) atoms. The van der Waals surface area contributed by atoms with Gasteiger partial charge in [-0.05, 0) is 75.2 Å². The highest BCUT2D eigenvalue weighted by Gasteiger charge is 2.43. The number of imidazole rings is 1. The lowest BCUT2D eigenvalue weighted by atomic mass is 9.88. The highest BCUT2D eigenvalue weighted by molar-refractivity contribution is 6.30. The van der Waals surface area contributed by atoms with Crippen LogP contribution in [0.5, 0.6) is 11.5 Å². The maximum absolute atomic E-state index is 14.8. The quantitative estimate of drug-likeness (QED) is 0.216. The second kappa shape index (κ2) is 10.7. The summed E-state index contributed by atoms with van der Waals surface area (Å²) in [5, 5.41) is 8.67. The number of ether oxygens (including phenoxy) is 2. The third-order valence-corrected chi connectivity index (χ3v) is 8.71. The monoisotopic (exact) mass is 586 g/mol. The number of nitrogens with zero attached hydrogens (tertiary/aromatic N) is 6. The van der Waals surface area contributed by atoms with Crippen LogP contribution in [0, 0.1) is 5.82 Å². The van der Waals surface area contributed by atoms with Crippen LogP contribution in [0.15, 0.2) is 66.9 Å². The molecule has 4 heterocycles. The van der Waals surface area contributed by atoms with Gasteiger partial charge in [0, 0.05) is 24.1 Å². The van der Waals surface area contributed by atoms with E-state index in [2.05, 4.69) is 51.0 Å². The minimum atomic E-state index is -1.25. The van der Waals surface area contributed by atoms with Crippen LogP contribution in [0.25, 0.3) is 11.0 Å². The highest BCUT2D eigenvalue weighted by atomic mass is 35.5. The Morgan fingerprint density at radius 3 is 2.67 bits per heavy atom. The molecule has 0 aliphatic carbocycles. The molecular weight excluding hydrogens is 555 g/mol. The van der Waals surface area contributed by atoms with Gasteiger partial charge >= 0.3 is 0 Å². The summed E-state index contributed by atoms with van der Waals surface area (Å²) in [6.45, 7) is 7.89. The molecule has 0 saturated carbocycles. The van der Waals surface area contributed by atoms with E-state index in [-0.39, 0.29) is 0 Å². The van der Waals surface area contributed by atoms with Crippen molar-refractivity contribution in [1.29, 1.82) is 0 Å². The highest BCUT2D eigenvalue weighted by Crippen LogP contribution is 2.49. The van der Waals surface area contributed by atoms with Crippen LogP contribution >= 0.6 is 11.6 Å². The molecule has 8 nitrogen and oxygen atoms in total. The average Bonchev–Trinajstić information content (AvgIpc) is 3.68. The summed E-state index contributed by atoms with van der Waals surface area (Å²) >= 11 is 5.98. The molecule has 5 aromatic rings. The summed E-state index contributed by atoms with van der Waals surface area (Å²) in [7, 11) is 0. The number of hydrogen-bond acceptors (Lipinski definition) is 6. The van der Waals surface area contributed by atoms with Crippen LogP contribution in [0.4, 0.5) is 4.39 Å². The number of para-hydroxylation sites is 3. The number of aryl methyl sites for hydroxylation is 1. The Balaban J connectivity index is 1.08. The molecule has 2 aromatic heterocycles. The lowest BCUT2D eigenvalue weighted by Gasteiger charge is -2.32. The van der Waals surface area contributed by atoms with Crippen molar-refractivity contribution in [3.8, 4) is 11.5 Å². The van der Waals surface area contributed by atoms with Crippen LogP contribution in [0.1, 0.15) is 55.3 Å². The molecule has 1 fully saturated rings. The van der Waals surface area contributed by atoms with Crippen molar-refractivity contribution in [3.63, 3.8) is 0 Å². The maximum Gasteiger partial charge on any atom is 0.278 e. The number of aromatic nitrogens is 5. The first-order valence-corrected chi connectivity index (χ1v) is 14.8. The zero-order valence-electron chi connectivity index (χ0n) is 23.6. The van der Waals surface area contributed by atoms with Gasteiger partial charge in [0.25, 0.3) is 5.79 Å². The molecule has 7 rings (SSSR count). The molecule has 0 amide bonds. The molecule has 0 N–H and O–H groups in total. The summed E-state index contributed by atoms with van der Waals surface area (Å²) in [5.41, 5.74) is 4.60. The van der Waals surface area contributed by atoms with Gasteiger partial charge in [-0.1, -0.05) is 41.1 Å². The van der Waals surface area contributed by atoms with Crippen molar-refractivity contribution in [3.05, 3.63) is 100 Å². The summed E-state index contributed by atoms with van der Waals surface area (Å²) in [5.74, 6) is 0.985. The average molecular weight is 587 g/mol. The van der Waals surface area contributed by atoms with E-state index in [0.29, 0.717) is 34.5 Å². The zero-order valence-corrected chi connectivity index (χ0v) is 24.4. The van der Waals surface area contributed by atoms with Crippen LogP contribution in [-0.2, 0) is 25.4 Å². The first kappa shape index (κ1) is 26.9. The lowest BCUT2D eigenvalue weighted by molar-refractivity contribution is -0.0712. The Morgan fingerprint density at radius 1 is 1.02 bits per heavy atom. The largest absolute Gasteiger partial charge is 0.444 e. The number of rotatable bonds is 7. The molecule has 216 valence electrons. The van der Waals surface area contributed by atoms with Gasteiger partial charge in [-0.25, -0.2) is 14.1 Å². The van der Waals surface area contributed by atoms with E-state index >= 15 is 0 Å². The third-order valence-electron chi connectivity index (χ3n) is 8.47. The van der Waals surface area contributed by atoms with E-state index in [1.807, 2.05) is 29.1 Å². The predicted molar refractivity (Wildman–Crippen MR) is 158 cm³/mol. The van der Waals surface area contributed by atoms with E-state index < -0.39 is 11.6 Å². The molecule has 3 aromatic carbocycles. The fourth-order valence-electron chi connectivity index (χ4n) is 6.29. The SMILES string of the molecule is CCn1nncc1Cn1c(CN2CCC(c3cccc4c3OC(C)(c3ccc(Cl)cc3F)O4)CC2)nc2ccccc21. The summed E-state index contributed by atoms with van der Waals surface area (Å²) < 4.78 is 31.6. The molecule has 2 aliphatic rings. The second-order valence-electron chi connectivity index (χ2n) is 11.1. The van der Waals surface area contributed by atoms with E-state index in [1.54, 1.807) is 19.1 Å². The van der Waals surface area contributed by atoms with Gasteiger partial charge in [-0.15, -0.1) is 5.10 Å². The Kier molecular flexibility index (Phi) is 6.86. The fraction of sp³-hybridized carbons (Fsp3) is 0.344. The fourth-order valence-corrected chi connectivity index (χ4v) is 6.45. The van der Waals surface area contributed by atoms with Gasteiger partial charge in [0.2, 0.25) is 0 Å². The van der Waals surface area contributed by atoms with Crippen LogP contribution < -0.4 is 9.47 Å². The van der Waals surface area contributed by atoms with Crippen molar-refractivity contribution in [2.45, 2.75) is 58.0 Å². The molecule has 0 radical (unpaired) electrons. The number of halogens is 2. The summed E-state index contributed by atoms with van der Waals surface area (Å²) in [6, 6.07) is 18.8. The lowest BCUT2D eigenvalue weighted by Crippen LogP contribution is -2.34. The van der Waals surface area contributed by atoms with Crippen LogP contribution in [-0.4, -0.2) is 42.5 Å².